The average molecular weight is 229 g/mol. The Morgan fingerprint density at radius 1 is 1.12 bits per heavy atom. The third-order valence-electron chi connectivity index (χ3n) is 2.46. The van der Waals surface area contributed by atoms with E-state index in [-0.39, 0.29) is 11.3 Å². The monoisotopic (exact) mass is 229 g/mol. The fourth-order valence-corrected chi connectivity index (χ4v) is 1.61. The lowest BCUT2D eigenvalue weighted by Crippen LogP contribution is -2.32. The smallest absolute Gasteiger partial charge is 0.481 e. The standard InChI is InChI=1S/C12H12BNO3/c1-17-12-11(13(15)16)7-10(8-14-12)9-5-3-2-4-6-9/h2-8,15-16H,1H3. The lowest BCUT2D eigenvalue weighted by molar-refractivity contribution is 0.391. The molecule has 1 heterocycles. The van der Waals surface area contributed by atoms with Crippen molar-refractivity contribution in [2.24, 2.45) is 0 Å². The van der Waals surface area contributed by atoms with Gasteiger partial charge in [0, 0.05) is 11.7 Å². The van der Waals surface area contributed by atoms with E-state index in [1.54, 1.807) is 12.3 Å². The SMILES string of the molecule is COc1ncc(-c2ccccc2)cc1B(O)O. The summed E-state index contributed by atoms with van der Waals surface area (Å²) in [7, 11) is -0.155. The number of nitrogens with zero attached hydrogens (tertiary/aromatic N) is 1. The van der Waals surface area contributed by atoms with Gasteiger partial charge in [0.25, 0.3) is 0 Å². The number of aromatic nitrogens is 1. The molecule has 2 aromatic rings. The Morgan fingerprint density at radius 3 is 2.41 bits per heavy atom. The van der Waals surface area contributed by atoms with Gasteiger partial charge in [-0.25, -0.2) is 4.98 Å². The Balaban J connectivity index is 2.48. The predicted molar refractivity (Wildman–Crippen MR) is 66.1 cm³/mol. The molecule has 5 heteroatoms. The van der Waals surface area contributed by atoms with E-state index < -0.39 is 7.12 Å². The first-order valence-corrected chi connectivity index (χ1v) is 5.18. The van der Waals surface area contributed by atoms with Crippen molar-refractivity contribution < 1.29 is 14.8 Å². The normalized spacial score (nSPS) is 10.1. The van der Waals surface area contributed by atoms with E-state index in [0.29, 0.717) is 0 Å². The second-order valence-electron chi connectivity index (χ2n) is 3.56. The number of methoxy groups -OCH3 is 1. The van der Waals surface area contributed by atoms with Crippen LogP contribution in [0.15, 0.2) is 42.6 Å². The molecule has 1 aromatic carbocycles. The lowest BCUT2D eigenvalue weighted by Gasteiger charge is -2.08. The fourth-order valence-electron chi connectivity index (χ4n) is 1.61. The van der Waals surface area contributed by atoms with Crippen LogP contribution in [0.4, 0.5) is 0 Å². The zero-order chi connectivity index (χ0) is 12.3. The van der Waals surface area contributed by atoms with Gasteiger partial charge in [0.2, 0.25) is 5.88 Å². The zero-order valence-electron chi connectivity index (χ0n) is 9.37. The molecule has 86 valence electrons. The fraction of sp³-hybridized carbons (Fsp3) is 0.0833. The lowest BCUT2D eigenvalue weighted by atomic mass is 9.80. The van der Waals surface area contributed by atoms with E-state index in [2.05, 4.69) is 4.98 Å². The molecule has 0 amide bonds. The van der Waals surface area contributed by atoms with Crippen molar-refractivity contribution in [2.45, 2.75) is 0 Å². The first-order valence-electron chi connectivity index (χ1n) is 5.18. The van der Waals surface area contributed by atoms with E-state index in [1.165, 1.54) is 7.11 Å². The van der Waals surface area contributed by atoms with Crippen LogP contribution < -0.4 is 10.2 Å². The summed E-state index contributed by atoms with van der Waals surface area (Å²) in [6, 6.07) is 11.3. The maximum Gasteiger partial charge on any atom is 0.494 e. The molecule has 0 fully saturated rings. The number of benzene rings is 1. The molecule has 0 saturated carbocycles. The Bertz CT molecular complexity index is 502. The second kappa shape index (κ2) is 4.99. The highest BCUT2D eigenvalue weighted by Crippen LogP contribution is 2.18. The molecular formula is C12H12BNO3. The number of pyridine rings is 1. The van der Waals surface area contributed by atoms with E-state index in [0.717, 1.165) is 11.1 Å². The van der Waals surface area contributed by atoms with E-state index in [4.69, 9.17) is 4.74 Å². The highest BCUT2D eigenvalue weighted by Gasteiger charge is 2.18. The topological polar surface area (TPSA) is 62.6 Å². The van der Waals surface area contributed by atoms with Crippen molar-refractivity contribution in [3.63, 3.8) is 0 Å². The molecule has 2 rings (SSSR count). The van der Waals surface area contributed by atoms with Crippen LogP contribution in [0.2, 0.25) is 0 Å². The van der Waals surface area contributed by atoms with Crippen LogP contribution >= 0.6 is 0 Å². The van der Waals surface area contributed by atoms with E-state index >= 15 is 0 Å². The minimum absolute atomic E-state index is 0.222. The number of hydrogen-bond acceptors (Lipinski definition) is 4. The summed E-state index contributed by atoms with van der Waals surface area (Å²) >= 11 is 0. The van der Waals surface area contributed by atoms with Crippen LogP contribution in [-0.4, -0.2) is 29.3 Å². The van der Waals surface area contributed by atoms with Gasteiger partial charge in [0.15, 0.2) is 0 Å². The Morgan fingerprint density at radius 2 is 1.82 bits per heavy atom. The molecule has 17 heavy (non-hydrogen) atoms. The summed E-state index contributed by atoms with van der Waals surface area (Å²) in [6.07, 6.45) is 1.64. The predicted octanol–water partition coefficient (Wildman–Crippen LogP) is 0.437. The van der Waals surface area contributed by atoms with Crippen LogP contribution in [0.1, 0.15) is 0 Å². The van der Waals surface area contributed by atoms with E-state index in [1.807, 2.05) is 30.3 Å². The summed E-state index contributed by atoms with van der Waals surface area (Å²) in [5.74, 6) is 0.222. The number of hydrogen-bond donors (Lipinski definition) is 2. The molecule has 0 radical (unpaired) electrons. The Kier molecular flexibility index (Phi) is 3.42. The van der Waals surface area contributed by atoms with Gasteiger partial charge in [-0.1, -0.05) is 30.3 Å². The van der Waals surface area contributed by atoms with Gasteiger partial charge in [0.05, 0.1) is 7.11 Å². The highest BCUT2D eigenvalue weighted by atomic mass is 16.5. The van der Waals surface area contributed by atoms with Crippen LogP contribution in [0, 0.1) is 0 Å². The van der Waals surface area contributed by atoms with Crippen LogP contribution in [0.3, 0.4) is 0 Å². The number of ether oxygens (including phenoxy) is 1. The van der Waals surface area contributed by atoms with Gasteiger partial charge < -0.3 is 14.8 Å². The van der Waals surface area contributed by atoms with Gasteiger partial charge in [-0.3, -0.25) is 0 Å². The van der Waals surface area contributed by atoms with Gasteiger partial charge in [0.1, 0.15) is 0 Å². The summed E-state index contributed by atoms with van der Waals surface area (Å²) < 4.78 is 4.97. The molecule has 0 spiro atoms. The minimum atomic E-state index is -1.60. The summed E-state index contributed by atoms with van der Waals surface area (Å²) in [5.41, 5.74) is 2.04. The molecule has 4 nitrogen and oxygen atoms in total. The molecule has 0 aliphatic carbocycles. The van der Waals surface area contributed by atoms with Crippen LogP contribution in [0.5, 0.6) is 5.88 Å². The zero-order valence-corrected chi connectivity index (χ0v) is 9.37. The average Bonchev–Trinajstić information content (AvgIpc) is 2.39. The maximum atomic E-state index is 9.24. The molecule has 0 bridgehead atoms. The molecule has 0 atom stereocenters. The van der Waals surface area contributed by atoms with Crippen molar-refractivity contribution in [3.8, 4) is 17.0 Å². The van der Waals surface area contributed by atoms with Gasteiger partial charge >= 0.3 is 7.12 Å². The summed E-state index contributed by atoms with van der Waals surface area (Å²) in [4.78, 5) is 4.05. The third-order valence-corrected chi connectivity index (χ3v) is 2.46. The maximum absolute atomic E-state index is 9.24. The van der Waals surface area contributed by atoms with E-state index in [9.17, 15) is 10.0 Å². The van der Waals surface area contributed by atoms with Gasteiger partial charge in [-0.05, 0) is 17.2 Å². The molecule has 1 aromatic heterocycles. The van der Waals surface area contributed by atoms with Gasteiger partial charge in [-0.15, -0.1) is 0 Å². The Hall–Kier alpha value is -1.85. The minimum Gasteiger partial charge on any atom is -0.481 e. The summed E-state index contributed by atoms with van der Waals surface area (Å²) in [5, 5.41) is 18.5. The van der Waals surface area contributed by atoms with Crippen LogP contribution in [0.25, 0.3) is 11.1 Å². The van der Waals surface area contributed by atoms with Crippen molar-refractivity contribution in [3.05, 3.63) is 42.6 Å². The molecule has 0 aliphatic heterocycles. The third kappa shape index (κ3) is 2.46. The van der Waals surface area contributed by atoms with Crippen LogP contribution in [-0.2, 0) is 0 Å². The quantitative estimate of drug-likeness (QED) is 0.749. The van der Waals surface area contributed by atoms with Gasteiger partial charge in [-0.2, -0.15) is 0 Å². The van der Waals surface area contributed by atoms with Crippen molar-refractivity contribution >= 4 is 12.6 Å². The van der Waals surface area contributed by atoms with Crippen molar-refractivity contribution in [1.29, 1.82) is 0 Å². The molecule has 2 N–H and O–H groups in total. The molecular weight excluding hydrogens is 217 g/mol. The Labute approximate surface area is 99.7 Å². The molecule has 0 aliphatic rings. The van der Waals surface area contributed by atoms with Crippen molar-refractivity contribution in [2.75, 3.05) is 7.11 Å². The first kappa shape index (κ1) is 11.6. The largest absolute Gasteiger partial charge is 0.494 e. The van der Waals surface area contributed by atoms with Crippen molar-refractivity contribution in [1.82, 2.24) is 4.98 Å². The first-order chi connectivity index (χ1) is 8.22. The number of rotatable bonds is 3. The molecule has 0 saturated heterocycles. The summed E-state index contributed by atoms with van der Waals surface area (Å²) in [6.45, 7) is 0. The molecule has 0 unspecified atom stereocenters. The second-order valence-corrected chi connectivity index (χ2v) is 3.56. The highest BCUT2D eigenvalue weighted by molar-refractivity contribution is 6.59.